The molecule has 0 atom stereocenters. The van der Waals surface area contributed by atoms with Gasteiger partial charge in [0.2, 0.25) is 10.0 Å². The normalized spacial score (nSPS) is 14.3. The number of ether oxygens (including phenoxy) is 3. The van der Waals surface area contributed by atoms with Gasteiger partial charge in [0.1, 0.15) is 5.75 Å². The Hall–Kier alpha value is -2.96. The number of sulfonamides is 1. The van der Waals surface area contributed by atoms with Gasteiger partial charge < -0.3 is 18.8 Å². The van der Waals surface area contributed by atoms with Gasteiger partial charge in [0.05, 0.1) is 30.1 Å². The van der Waals surface area contributed by atoms with Crippen molar-refractivity contribution in [1.29, 1.82) is 0 Å². The first-order valence-electron chi connectivity index (χ1n) is 12.9. The molecule has 40 heavy (non-hydrogen) atoms. The molecule has 0 bridgehead atoms. The second-order valence-corrected chi connectivity index (χ2v) is 11.8. The lowest BCUT2D eigenvalue weighted by molar-refractivity contribution is 0.0722. The van der Waals surface area contributed by atoms with Crippen molar-refractivity contribution >= 4 is 27.5 Å². The molecule has 2 aromatic carbocycles. The molecule has 9 nitrogen and oxygen atoms in total. The number of carbonyl (C=O) groups is 1. The predicted octanol–water partition coefficient (Wildman–Crippen LogP) is 4.18. The van der Waals surface area contributed by atoms with Crippen LogP contribution < -0.4 is 15.0 Å². The third-order valence-corrected chi connectivity index (χ3v) is 8.36. The van der Waals surface area contributed by atoms with Crippen LogP contribution in [-0.4, -0.2) is 58.7 Å². The highest BCUT2D eigenvalue weighted by atomic mass is 35.5. The molecule has 0 unspecified atom stereocenters. The summed E-state index contributed by atoms with van der Waals surface area (Å²) < 4.78 is 57.7. The number of halogens is 2. The number of hydrogen-bond acceptors (Lipinski definition) is 6. The monoisotopic (exact) mass is 593 g/mol. The molecule has 1 fully saturated rings. The van der Waals surface area contributed by atoms with Crippen molar-refractivity contribution in [3.05, 3.63) is 76.3 Å². The fraction of sp³-hybridized carbons (Fsp3) is 0.393. The van der Waals surface area contributed by atoms with Crippen LogP contribution >= 0.6 is 11.6 Å². The number of nitrogens with zero attached hydrogens (tertiary/aromatic N) is 1. The van der Waals surface area contributed by atoms with Crippen molar-refractivity contribution in [3.8, 4) is 16.9 Å². The van der Waals surface area contributed by atoms with E-state index in [0.717, 1.165) is 22.4 Å². The topological polar surface area (TPSA) is 108 Å². The summed E-state index contributed by atoms with van der Waals surface area (Å²) in [6.45, 7) is 2.02. The lowest BCUT2D eigenvalue weighted by atomic mass is 10.00. The van der Waals surface area contributed by atoms with Crippen LogP contribution in [0.5, 0.6) is 5.75 Å². The third kappa shape index (κ3) is 7.82. The molecule has 0 aliphatic carbocycles. The lowest BCUT2D eigenvalue weighted by Crippen LogP contribution is -2.44. The molecule has 0 spiro atoms. The number of nitrogens with one attached hydrogen (secondary N) is 2. The highest BCUT2D eigenvalue weighted by Gasteiger charge is 2.24. The molecule has 2 heterocycles. The van der Waals surface area contributed by atoms with Crippen molar-refractivity contribution in [2.45, 2.75) is 25.8 Å². The van der Waals surface area contributed by atoms with Gasteiger partial charge in [0, 0.05) is 44.8 Å². The Balaban J connectivity index is 1.56. The van der Waals surface area contributed by atoms with E-state index in [1.807, 2.05) is 41.2 Å². The van der Waals surface area contributed by atoms with E-state index < -0.39 is 21.7 Å². The molecule has 2 N–H and O–H groups in total. The van der Waals surface area contributed by atoms with Crippen LogP contribution in [-0.2, 0) is 32.5 Å². The number of rotatable bonds is 12. The largest absolute Gasteiger partial charge is 0.497 e. The summed E-state index contributed by atoms with van der Waals surface area (Å²) in [6, 6.07) is 10.5. The van der Waals surface area contributed by atoms with Crippen LogP contribution in [0.4, 0.5) is 4.39 Å². The van der Waals surface area contributed by atoms with Gasteiger partial charge in [0.25, 0.3) is 5.91 Å². The summed E-state index contributed by atoms with van der Waals surface area (Å²) in [5.74, 6) is -1.37. The van der Waals surface area contributed by atoms with Gasteiger partial charge in [-0.25, -0.2) is 12.8 Å². The van der Waals surface area contributed by atoms with Gasteiger partial charge in [-0.15, -0.1) is 4.83 Å². The molecule has 216 valence electrons. The molecule has 1 saturated heterocycles. The maximum atomic E-state index is 15.0. The van der Waals surface area contributed by atoms with Crippen molar-refractivity contribution in [3.63, 3.8) is 0 Å². The van der Waals surface area contributed by atoms with Crippen molar-refractivity contribution < 1.29 is 31.8 Å². The zero-order valence-corrected chi connectivity index (χ0v) is 24.0. The molecule has 3 aromatic rings. The molecule has 0 radical (unpaired) electrons. The van der Waals surface area contributed by atoms with E-state index in [9.17, 15) is 17.6 Å². The number of hydrogen-bond donors (Lipinski definition) is 2. The SMILES string of the molecule is COCCc1cn(Cc2ccc(OC)cc2)cc1-c1cc(Cl)c(F)c(C(=O)NNS(=O)(=O)CC2CCOCC2)c1. The number of amides is 1. The zero-order valence-electron chi connectivity index (χ0n) is 22.4. The van der Waals surface area contributed by atoms with E-state index >= 15 is 0 Å². The summed E-state index contributed by atoms with van der Waals surface area (Å²) >= 11 is 6.20. The minimum absolute atomic E-state index is 0.0786. The van der Waals surface area contributed by atoms with E-state index in [1.54, 1.807) is 14.2 Å². The highest BCUT2D eigenvalue weighted by molar-refractivity contribution is 7.89. The van der Waals surface area contributed by atoms with Gasteiger partial charge in [-0.1, -0.05) is 23.7 Å². The zero-order chi connectivity index (χ0) is 28.7. The first kappa shape index (κ1) is 30.0. The van der Waals surface area contributed by atoms with Crippen molar-refractivity contribution in [2.75, 3.05) is 39.8 Å². The quantitative estimate of drug-likeness (QED) is 0.305. The molecular formula is C28H33ClFN3O6S. The molecule has 4 rings (SSSR count). The number of methoxy groups -OCH3 is 2. The Morgan fingerprint density at radius 1 is 1.15 bits per heavy atom. The number of hydrazine groups is 1. The Morgan fingerprint density at radius 2 is 1.88 bits per heavy atom. The summed E-state index contributed by atoms with van der Waals surface area (Å²) in [7, 11) is -0.619. The van der Waals surface area contributed by atoms with Crippen LogP contribution in [0.2, 0.25) is 5.02 Å². The van der Waals surface area contributed by atoms with E-state index in [4.69, 9.17) is 25.8 Å². The summed E-state index contributed by atoms with van der Waals surface area (Å²) in [4.78, 5) is 15.0. The average molecular weight is 594 g/mol. The smallest absolute Gasteiger partial charge is 0.269 e. The number of benzene rings is 2. The Morgan fingerprint density at radius 3 is 2.55 bits per heavy atom. The summed E-state index contributed by atoms with van der Waals surface area (Å²) in [5, 5.41) is -0.256. The lowest BCUT2D eigenvalue weighted by Gasteiger charge is -2.21. The summed E-state index contributed by atoms with van der Waals surface area (Å²) in [6.07, 6.45) is 5.68. The number of carbonyl (C=O) groups excluding carboxylic acids is 1. The first-order chi connectivity index (χ1) is 19.2. The molecule has 1 amide bonds. The van der Waals surface area contributed by atoms with Crippen LogP contribution in [0.15, 0.2) is 48.8 Å². The van der Waals surface area contributed by atoms with Gasteiger partial charge in [-0.05, 0) is 66.1 Å². The molecule has 1 aromatic heterocycles. The second kappa shape index (κ2) is 13.6. The molecule has 0 saturated carbocycles. The molecule has 1 aliphatic heterocycles. The minimum atomic E-state index is -3.84. The first-order valence-corrected chi connectivity index (χ1v) is 14.9. The van der Waals surface area contributed by atoms with Crippen molar-refractivity contribution in [1.82, 2.24) is 14.8 Å². The van der Waals surface area contributed by atoms with E-state index in [-0.39, 0.29) is 22.3 Å². The molecule has 1 aliphatic rings. The minimum Gasteiger partial charge on any atom is -0.497 e. The van der Waals surface area contributed by atoms with Gasteiger partial charge in [0.15, 0.2) is 5.82 Å². The van der Waals surface area contributed by atoms with Gasteiger partial charge >= 0.3 is 0 Å². The third-order valence-electron chi connectivity index (χ3n) is 6.76. The maximum absolute atomic E-state index is 15.0. The standard InChI is InChI=1S/C28H33ClFN3O6S/c1-37-10-9-21-16-33(15-19-3-5-23(38-2)6-4-19)17-25(21)22-13-24(27(30)26(29)14-22)28(34)31-32-40(35,36)18-20-7-11-39-12-8-20/h3-6,13-14,16-17,20,32H,7-12,15,18H2,1-2H3,(H,31,34). The fourth-order valence-corrected chi connectivity index (χ4v) is 6.13. The fourth-order valence-electron chi connectivity index (χ4n) is 4.63. The second-order valence-electron chi connectivity index (χ2n) is 9.67. The average Bonchev–Trinajstić information content (AvgIpc) is 3.35. The van der Waals surface area contributed by atoms with E-state index in [2.05, 4.69) is 10.3 Å². The Labute approximate surface area is 238 Å². The van der Waals surface area contributed by atoms with Crippen LogP contribution in [0.1, 0.15) is 34.3 Å². The molecular weight excluding hydrogens is 561 g/mol. The highest BCUT2D eigenvalue weighted by Crippen LogP contribution is 2.32. The molecule has 12 heteroatoms. The predicted molar refractivity (Wildman–Crippen MR) is 150 cm³/mol. The van der Waals surface area contributed by atoms with Crippen LogP contribution in [0, 0.1) is 11.7 Å². The Kier molecular flexibility index (Phi) is 10.2. The van der Waals surface area contributed by atoms with Gasteiger partial charge in [-0.3, -0.25) is 10.2 Å². The summed E-state index contributed by atoms with van der Waals surface area (Å²) in [5.41, 5.74) is 4.98. The van der Waals surface area contributed by atoms with Crippen LogP contribution in [0.25, 0.3) is 11.1 Å². The van der Waals surface area contributed by atoms with Crippen LogP contribution in [0.3, 0.4) is 0 Å². The van der Waals surface area contributed by atoms with Crippen molar-refractivity contribution in [2.24, 2.45) is 5.92 Å². The Bertz CT molecular complexity index is 1420. The number of aromatic nitrogens is 1. The maximum Gasteiger partial charge on any atom is 0.269 e. The van der Waals surface area contributed by atoms with E-state index in [1.165, 1.54) is 12.1 Å². The van der Waals surface area contributed by atoms with E-state index in [0.29, 0.717) is 51.2 Å². The van der Waals surface area contributed by atoms with Gasteiger partial charge in [-0.2, -0.15) is 0 Å².